The molecule has 9 heteroatoms. The summed E-state index contributed by atoms with van der Waals surface area (Å²) in [7, 11) is 0. The zero-order valence-electron chi connectivity index (χ0n) is 24.0. The van der Waals surface area contributed by atoms with Crippen LogP contribution >= 0.6 is 0 Å². The number of carbonyl (C=O) groups is 2. The van der Waals surface area contributed by atoms with E-state index >= 15 is 0 Å². The second-order valence-corrected chi connectivity index (χ2v) is 9.80. The van der Waals surface area contributed by atoms with Crippen LogP contribution in [-0.2, 0) is 16.1 Å². The maximum absolute atomic E-state index is 13.5. The van der Waals surface area contributed by atoms with Crippen LogP contribution in [0.25, 0.3) is 5.76 Å². The SMILES string of the molecule is CCCCCOc1ccc(C2/C(=C(\O)c3ccc(OCC)cc3)C(=O)C(=O)N2CCCn2ccnc2)cc1OCC. The van der Waals surface area contributed by atoms with Crippen molar-refractivity contribution in [2.45, 2.75) is 59.0 Å². The van der Waals surface area contributed by atoms with Gasteiger partial charge in [0.25, 0.3) is 11.7 Å². The fraction of sp³-hybridized carbons (Fsp3) is 0.406. The summed E-state index contributed by atoms with van der Waals surface area (Å²) in [5.74, 6) is 0.192. The molecule has 1 unspecified atom stereocenters. The third-order valence-electron chi connectivity index (χ3n) is 6.94. The van der Waals surface area contributed by atoms with Crippen LogP contribution in [0.5, 0.6) is 17.2 Å². The van der Waals surface area contributed by atoms with Gasteiger partial charge in [-0.3, -0.25) is 9.59 Å². The maximum Gasteiger partial charge on any atom is 0.295 e. The molecule has 1 amide bonds. The first-order valence-electron chi connectivity index (χ1n) is 14.3. The second-order valence-electron chi connectivity index (χ2n) is 9.80. The van der Waals surface area contributed by atoms with Crippen molar-refractivity contribution in [2.75, 3.05) is 26.4 Å². The Labute approximate surface area is 241 Å². The molecule has 218 valence electrons. The van der Waals surface area contributed by atoms with E-state index in [2.05, 4.69) is 11.9 Å². The van der Waals surface area contributed by atoms with Crippen molar-refractivity contribution in [1.29, 1.82) is 0 Å². The molecule has 1 fully saturated rings. The van der Waals surface area contributed by atoms with Crippen molar-refractivity contribution in [3.63, 3.8) is 0 Å². The molecule has 2 aromatic carbocycles. The molecule has 41 heavy (non-hydrogen) atoms. The first kappa shape index (κ1) is 29.7. The monoisotopic (exact) mass is 561 g/mol. The van der Waals surface area contributed by atoms with Crippen LogP contribution in [0.1, 0.15) is 63.6 Å². The first-order chi connectivity index (χ1) is 20.0. The molecular weight excluding hydrogens is 522 g/mol. The Hall–Kier alpha value is -4.27. The zero-order chi connectivity index (χ0) is 29.2. The minimum absolute atomic E-state index is 0.0425. The molecule has 2 heterocycles. The van der Waals surface area contributed by atoms with E-state index in [0.717, 1.165) is 19.3 Å². The van der Waals surface area contributed by atoms with Gasteiger partial charge in [-0.05, 0) is 68.7 Å². The summed E-state index contributed by atoms with van der Waals surface area (Å²) in [6.45, 7) is 8.36. The predicted octanol–water partition coefficient (Wildman–Crippen LogP) is 5.76. The molecule has 1 aliphatic rings. The van der Waals surface area contributed by atoms with E-state index in [0.29, 0.717) is 67.7 Å². The van der Waals surface area contributed by atoms with Crippen LogP contribution in [0.15, 0.2) is 66.8 Å². The van der Waals surface area contributed by atoms with Gasteiger partial charge in [-0.2, -0.15) is 0 Å². The highest BCUT2D eigenvalue weighted by atomic mass is 16.5. The molecule has 0 saturated carbocycles. The highest BCUT2D eigenvalue weighted by Crippen LogP contribution is 2.42. The Bertz CT molecular complexity index is 1330. The summed E-state index contributed by atoms with van der Waals surface area (Å²) in [4.78, 5) is 32.4. The number of unbranched alkanes of at least 4 members (excludes halogenated alkanes) is 2. The number of ketones is 1. The minimum atomic E-state index is -0.794. The standard InChI is InChI=1S/C32H39N3O6/c1-4-7-8-20-41-26-15-12-24(21-27(26)40-6-3)29-28(30(36)23-10-13-25(14-11-23)39-5-2)31(37)32(38)35(29)18-9-17-34-19-16-33-22-34/h10-16,19,21-22,29,36H,4-9,17-18,20H2,1-3H3/b30-28+. The lowest BCUT2D eigenvalue weighted by Gasteiger charge is -2.26. The Morgan fingerprint density at radius 2 is 1.68 bits per heavy atom. The smallest absolute Gasteiger partial charge is 0.295 e. The van der Waals surface area contributed by atoms with Crippen LogP contribution in [0.3, 0.4) is 0 Å². The van der Waals surface area contributed by atoms with Crippen molar-refractivity contribution >= 4 is 17.4 Å². The molecule has 9 nitrogen and oxygen atoms in total. The number of Topliss-reactive ketones (excluding diaryl/α,β-unsaturated/α-hetero) is 1. The number of aryl methyl sites for hydroxylation is 1. The summed E-state index contributed by atoms with van der Waals surface area (Å²) >= 11 is 0. The molecule has 1 atom stereocenters. The lowest BCUT2D eigenvalue weighted by molar-refractivity contribution is -0.139. The summed E-state index contributed by atoms with van der Waals surface area (Å²) in [6, 6.07) is 11.5. The number of imidazole rings is 1. The van der Waals surface area contributed by atoms with Crippen LogP contribution in [0.2, 0.25) is 0 Å². The number of ether oxygens (including phenoxy) is 3. The predicted molar refractivity (Wildman–Crippen MR) is 156 cm³/mol. The van der Waals surface area contributed by atoms with Crippen molar-refractivity contribution in [3.05, 3.63) is 77.9 Å². The van der Waals surface area contributed by atoms with Crippen LogP contribution < -0.4 is 14.2 Å². The topological polar surface area (TPSA) is 103 Å². The van der Waals surface area contributed by atoms with Gasteiger partial charge in [0.1, 0.15) is 11.5 Å². The number of nitrogens with zero attached hydrogens (tertiary/aromatic N) is 3. The van der Waals surface area contributed by atoms with E-state index in [4.69, 9.17) is 14.2 Å². The molecule has 0 radical (unpaired) electrons. The average molecular weight is 562 g/mol. The van der Waals surface area contributed by atoms with E-state index in [-0.39, 0.29) is 11.3 Å². The van der Waals surface area contributed by atoms with Gasteiger partial charge in [-0.15, -0.1) is 0 Å². The normalized spacial score (nSPS) is 16.3. The third-order valence-corrected chi connectivity index (χ3v) is 6.94. The molecule has 1 aromatic heterocycles. The Balaban J connectivity index is 1.72. The summed E-state index contributed by atoms with van der Waals surface area (Å²) in [5.41, 5.74) is 1.13. The zero-order valence-corrected chi connectivity index (χ0v) is 24.0. The number of aromatic nitrogens is 2. The molecule has 0 spiro atoms. The van der Waals surface area contributed by atoms with Crippen molar-refractivity contribution in [1.82, 2.24) is 14.5 Å². The number of hydrogen-bond acceptors (Lipinski definition) is 7. The van der Waals surface area contributed by atoms with Gasteiger partial charge < -0.3 is 28.8 Å². The van der Waals surface area contributed by atoms with Gasteiger partial charge in [0.05, 0.1) is 37.8 Å². The molecule has 1 saturated heterocycles. The fourth-order valence-corrected chi connectivity index (χ4v) is 4.95. The second kappa shape index (κ2) is 14.4. The maximum atomic E-state index is 13.5. The summed E-state index contributed by atoms with van der Waals surface area (Å²) in [6.07, 6.45) is 8.96. The van der Waals surface area contributed by atoms with E-state index < -0.39 is 17.7 Å². The number of amides is 1. The average Bonchev–Trinajstić information content (AvgIpc) is 3.59. The third kappa shape index (κ3) is 7.09. The number of carbonyl (C=O) groups excluding carboxylic acids is 2. The van der Waals surface area contributed by atoms with Crippen LogP contribution in [0, 0.1) is 0 Å². The number of benzene rings is 2. The minimum Gasteiger partial charge on any atom is -0.507 e. The molecule has 1 N–H and O–H groups in total. The lowest BCUT2D eigenvalue weighted by atomic mass is 9.95. The van der Waals surface area contributed by atoms with Crippen LogP contribution in [-0.4, -0.2) is 57.6 Å². The van der Waals surface area contributed by atoms with E-state index in [1.54, 1.807) is 36.8 Å². The fourth-order valence-electron chi connectivity index (χ4n) is 4.95. The summed E-state index contributed by atoms with van der Waals surface area (Å²) in [5, 5.41) is 11.4. The highest BCUT2D eigenvalue weighted by Gasteiger charge is 2.46. The molecule has 1 aliphatic heterocycles. The van der Waals surface area contributed by atoms with E-state index in [1.165, 1.54) is 4.90 Å². The first-order valence-corrected chi connectivity index (χ1v) is 14.3. The number of likely N-dealkylation sites (tertiary alicyclic amines) is 1. The Morgan fingerprint density at radius 1 is 0.902 bits per heavy atom. The largest absolute Gasteiger partial charge is 0.507 e. The van der Waals surface area contributed by atoms with Crippen molar-refractivity contribution < 1.29 is 28.9 Å². The van der Waals surface area contributed by atoms with Gasteiger partial charge >= 0.3 is 0 Å². The van der Waals surface area contributed by atoms with Gasteiger partial charge in [0.2, 0.25) is 0 Å². The Morgan fingerprint density at radius 3 is 2.37 bits per heavy atom. The number of hydrogen-bond donors (Lipinski definition) is 1. The highest BCUT2D eigenvalue weighted by molar-refractivity contribution is 6.46. The molecule has 0 aliphatic carbocycles. The van der Waals surface area contributed by atoms with E-state index in [9.17, 15) is 14.7 Å². The number of aliphatic hydroxyl groups is 1. The van der Waals surface area contributed by atoms with Gasteiger partial charge in [0, 0.05) is 31.0 Å². The van der Waals surface area contributed by atoms with Crippen molar-refractivity contribution in [2.24, 2.45) is 0 Å². The summed E-state index contributed by atoms with van der Waals surface area (Å²) < 4.78 is 19.4. The molecule has 3 aromatic rings. The van der Waals surface area contributed by atoms with Gasteiger partial charge in [-0.1, -0.05) is 25.8 Å². The molecule has 0 bridgehead atoms. The number of rotatable bonds is 15. The molecular formula is C32H39N3O6. The van der Waals surface area contributed by atoms with Gasteiger partial charge in [-0.25, -0.2) is 4.98 Å². The van der Waals surface area contributed by atoms with Gasteiger partial charge in [0.15, 0.2) is 11.5 Å². The lowest BCUT2D eigenvalue weighted by Crippen LogP contribution is -2.31. The van der Waals surface area contributed by atoms with Crippen molar-refractivity contribution in [3.8, 4) is 17.2 Å². The quantitative estimate of drug-likeness (QED) is 0.109. The number of aliphatic hydroxyl groups excluding tert-OH is 1. The van der Waals surface area contributed by atoms with Crippen LogP contribution in [0.4, 0.5) is 0 Å². The molecule has 4 rings (SSSR count). The van der Waals surface area contributed by atoms with E-state index in [1.807, 2.05) is 42.8 Å². The Kier molecular flexibility index (Phi) is 10.4.